The van der Waals surface area contributed by atoms with E-state index in [-0.39, 0.29) is 5.82 Å². The van der Waals surface area contributed by atoms with E-state index < -0.39 is 0 Å². The van der Waals surface area contributed by atoms with Crippen LogP contribution in [0.5, 0.6) is 0 Å². The monoisotopic (exact) mass is 282 g/mol. The molecule has 5 heteroatoms. The van der Waals surface area contributed by atoms with Gasteiger partial charge in [0.15, 0.2) is 0 Å². The van der Waals surface area contributed by atoms with Crippen molar-refractivity contribution in [3.05, 3.63) is 59.9 Å². The van der Waals surface area contributed by atoms with Crippen molar-refractivity contribution >= 4 is 16.7 Å². The average Bonchev–Trinajstić information content (AvgIpc) is 2.50. The molecule has 2 aromatic heterocycles. The van der Waals surface area contributed by atoms with E-state index in [0.29, 0.717) is 23.3 Å². The summed E-state index contributed by atoms with van der Waals surface area (Å²) in [5.74, 6) is 0.320. The lowest BCUT2D eigenvalue weighted by Gasteiger charge is -2.08. The van der Waals surface area contributed by atoms with Crippen molar-refractivity contribution in [1.29, 1.82) is 0 Å². The lowest BCUT2D eigenvalue weighted by Crippen LogP contribution is -2.07. The van der Waals surface area contributed by atoms with Crippen molar-refractivity contribution in [3.63, 3.8) is 0 Å². The van der Waals surface area contributed by atoms with Gasteiger partial charge < -0.3 is 5.32 Å². The molecule has 0 spiro atoms. The molecule has 3 aromatic rings. The third-order valence-electron chi connectivity index (χ3n) is 3.29. The van der Waals surface area contributed by atoms with Crippen molar-refractivity contribution in [3.8, 4) is 0 Å². The molecule has 21 heavy (non-hydrogen) atoms. The Kier molecular flexibility index (Phi) is 3.73. The van der Waals surface area contributed by atoms with E-state index in [4.69, 9.17) is 0 Å². The summed E-state index contributed by atoms with van der Waals surface area (Å²) in [5, 5.41) is 3.93. The first-order valence-corrected chi connectivity index (χ1v) is 6.78. The number of aryl methyl sites for hydroxylation is 1. The minimum absolute atomic E-state index is 0.333. The van der Waals surface area contributed by atoms with E-state index in [1.54, 1.807) is 6.07 Å². The number of hydrogen-bond donors (Lipinski definition) is 1. The molecule has 0 saturated carbocycles. The fourth-order valence-electron chi connectivity index (χ4n) is 2.16. The van der Waals surface area contributed by atoms with Crippen molar-refractivity contribution in [2.45, 2.75) is 13.3 Å². The van der Waals surface area contributed by atoms with E-state index >= 15 is 0 Å². The number of pyridine rings is 1. The number of halogens is 1. The molecule has 0 aliphatic carbocycles. The fourth-order valence-corrected chi connectivity index (χ4v) is 2.16. The van der Waals surface area contributed by atoms with E-state index in [1.165, 1.54) is 12.4 Å². The number of nitrogens with zero attached hydrogens (tertiary/aromatic N) is 3. The molecule has 4 nitrogen and oxygen atoms in total. The highest BCUT2D eigenvalue weighted by Gasteiger charge is 2.06. The van der Waals surface area contributed by atoms with Crippen LogP contribution in [0.2, 0.25) is 0 Å². The second-order valence-electron chi connectivity index (χ2n) is 4.84. The molecule has 106 valence electrons. The van der Waals surface area contributed by atoms with Gasteiger partial charge >= 0.3 is 0 Å². The van der Waals surface area contributed by atoms with Gasteiger partial charge in [0, 0.05) is 23.8 Å². The third kappa shape index (κ3) is 2.97. The Labute approximate surface area is 122 Å². The third-order valence-corrected chi connectivity index (χ3v) is 3.29. The number of rotatable bonds is 4. The molecule has 2 heterocycles. The quantitative estimate of drug-likeness (QED) is 0.798. The summed E-state index contributed by atoms with van der Waals surface area (Å²) in [4.78, 5) is 12.4. The summed E-state index contributed by atoms with van der Waals surface area (Å²) < 4.78 is 13.7. The van der Waals surface area contributed by atoms with Gasteiger partial charge in [-0.1, -0.05) is 12.1 Å². The number of hydrogen-bond acceptors (Lipinski definition) is 4. The smallest absolute Gasteiger partial charge is 0.149 e. The Morgan fingerprint density at radius 2 is 2.00 bits per heavy atom. The van der Waals surface area contributed by atoms with E-state index in [0.717, 1.165) is 17.7 Å². The van der Waals surface area contributed by atoms with Gasteiger partial charge in [0.1, 0.15) is 23.5 Å². The highest BCUT2D eigenvalue weighted by Crippen LogP contribution is 2.21. The van der Waals surface area contributed by atoms with Crippen LogP contribution in [0.3, 0.4) is 0 Å². The summed E-state index contributed by atoms with van der Waals surface area (Å²) in [6, 6.07) is 8.92. The van der Waals surface area contributed by atoms with Gasteiger partial charge in [-0.3, -0.25) is 4.98 Å². The SMILES string of the molecule is Cc1ccc(CCNc2ncnc3c(F)cccc23)cn1. The highest BCUT2D eigenvalue weighted by molar-refractivity contribution is 5.89. The Morgan fingerprint density at radius 3 is 2.81 bits per heavy atom. The zero-order valence-electron chi connectivity index (χ0n) is 11.7. The average molecular weight is 282 g/mol. The predicted molar refractivity (Wildman–Crippen MR) is 80.7 cm³/mol. The zero-order valence-corrected chi connectivity index (χ0v) is 11.7. The van der Waals surface area contributed by atoms with Crippen molar-refractivity contribution < 1.29 is 4.39 Å². The van der Waals surface area contributed by atoms with E-state index in [9.17, 15) is 4.39 Å². The first-order valence-electron chi connectivity index (χ1n) is 6.78. The van der Waals surface area contributed by atoms with Gasteiger partial charge in [-0.25, -0.2) is 14.4 Å². The molecular formula is C16H15FN4. The number of anilines is 1. The van der Waals surface area contributed by atoms with Crippen molar-refractivity contribution in [2.75, 3.05) is 11.9 Å². The van der Waals surface area contributed by atoms with Gasteiger partial charge in [0.25, 0.3) is 0 Å². The molecule has 1 aromatic carbocycles. The van der Waals surface area contributed by atoms with Crippen molar-refractivity contribution in [2.24, 2.45) is 0 Å². The number of para-hydroxylation sites is 1. The molecule has 1 N–H and O–H groups in total. The van der Waals surface area contributed by atoms with Gasteiger partial charge in [-0.05, 0) is 37.1 Å². The minimum Gasteiger partial charge on any atom is -0.369 e. The molecule has 0 bridgehead atoms. The van der Waals surface area contributed by atoms with Crippen LogP contribution in [0.15, 0.2) is 42.9 Å². The van der Waals surface area contributed by atoms with Gasteiger partial charge in [-0.2, -0.15) is 0 Å². The van der Waals surface area contributed by atoms with E-state index in [2.05, 4.69) is 26.3 Å². The number of aromatic nitrogens is 3. The second kappa shape index (κ2) is 5.83. The van der Waals surface area contributed by atoms with E-state index in [1.807, 2.05) is 25.3 Å². The Bertz CT molecular complexity index is 756. The lowest BCUT2D eigenvalue weighted by atomic mass is 10.2. The second-order valence-corrected chi connectivity index (χ2v) is 4.84. The molecule has 0 unspecified atom stereocenters. The van der Waals surface area contributed by atoms with Gasteiger partial charge in [0.2, 0.25) is 0 Å². The molecular weight excluding hydrogens is 267 g/mol. The standard InChI is InChI=1S/C16H15FN4/c1-11-5-6-12(9-19-11)7-8-18-16-13-3-2-4-14(17)15(13)20-10-21-16/h2-6,9-10H,7-8H2,1H3,(H,18,20,21). The first kappa shape index (κ1) is 13.4. The maximum absolute atomic E-state index is 13.7. The normalized spacial score (nSPS) is 10.8. The van der Waals surface area contributed by atoms with Crippen LogP contribution in [0.1, 0.15) is 11.3 Å². The summed E-state index contributed by atoms with van der Waals surface area (Å²) in [5.41, 5.74) is 2.49. The molecule has 0 aliphatic rings. The molecule has 3 rings (SSSR count). The largest absolute Gasteiger partial charge is 0.369 e. The van der Waals surface area contributed by atoms with Gasteiger partial charge in [0.05, 0.1) is 0 Å². The summed E-state index contributed by atoms with van der Waals surface area (Å²) in [6.45, 7) is 2.66. The first-order chi connectivity index (χ1) is 10.2. The van der Waals surface area contributed by atoms with Gasteiger partial charge in [-0.15, -0.1) is 0 Å². The Hall–Kier alpha value is -2.56. The summed E-state index contributed by atoms with van der Waals surface area (Å²) in [7, 11) is 0. The zero-order chi connectivity index (χ0) is 14.7. The topological polar surface area (TPSA) is 50.7 Å². The maximum Gasteiger partial charge on any atom is 0.149 e. The minimum atomic E-state index is -0.333. The molecule has 0 atom stereocenters. The number of fused-ring (bicyclic) bond motifs is 1. The lowest BCUT2D eigenvalue weighted by molar-refractivity contribution is 0.636. The molecule has 0 fully saturated rings. The number of benzene rings is 1. The highest BCUT2D eigenvalue weighted by atomic mass is 19.1. The fraction of sp³-hybridized carbons (Fsp3) is 0.188. The van der Waals surface area contributed by atoms with Crippen LogP contribution in [0.4, 0.5) is 10.2 Å². The van der Waals surface area contributed by atoms with Crippen molar-refractivity contribution in [1.82, 2.24) is 15.0 Å². The van der Waals surface area contributed by atoms with Crippen LogP contribution >= 0.6 is 0 Å². The molecule has 0 saturated heterocycles. The van der Waals surface area contributed by atoms with Crippen LogP contribution in [-0.2, 0) is 6.42 Å². The Balaban J connectivity index is 1.73. The maximum atomic E-state index is 13.7. The molecule has 0 radical (unpaired) electrons. The van der Waals surface area contributed by atoms with Crippen LogP contribution in [0, 0.1) is 12.7 Å². The predicted octanol–water partition coefficient (Wildman–Crippen LogP) is 3.13. The summed E-state index contributed by atoms with van der Waals surface area (Å²) in [6.07, 6.45) is 4.07. The Morgan fingerprint density at radius 1 is 1.10 bits per heavy atom. The van der Waals surface area contributed by atoms with Crippen LogP contribution in [-0.4, -0.2) is 21.5 Å². The number of nitrogens with one attached hydrogen (secondary N) is 1. The summed E-state index contributed by atoms with van der Waals surface area (Å²) >= 11 is 0. The molecule has 0 aliphatic heterocycles. The van der Waals surface area contributed by atoms with Crippen LogP contribution in [0.25, 0.3) is 10.9 Å². The van der Waals surface area contributed by atoms with Crippen LogP contribution < -0.4 is 5.32 Å². The molecule has 0 amide bonds.